The molecule has 1 aromatic heterocycles. The van der Waals surface area contributed by atoms with E-state index < -0.39 is 0 Å². The van der Waals surface area contributed by atoms with Gasteiger partial charge in [-0.15, -0.1) is 0 Å². The van der Waals surface area contributed by atoms with Crippen molar-refractivity contribution >= 4 is 11.4 Å². The van der Waals surface area contributed by atoms with Crippen molar-refractivity contribution in [1.82, 2.24) is 4.98 Å². The van der Waals surface area contributed by atoms with E-state index in [0.717, 1.165) is 12.6 Å². The van der Waals surface area contributed by atoms with Crippen molar-refractivity contribution in [3.8, 4) is 0 Å². The van der Waals surface area contributed by atoms with Crippen LogP contribution < -0.4 is 10.2 Å². The summed E-state index contributed by atoms with van der Waals surface area (Å²) in [4.78, 5) is 6.70. The third-order valence-electron chi connectivity index (χ3n) is 2.99. The molecular weight excluding hydrogens is 174 g/mol. The van der Waals surface area contributed by atoms with Crippen LogP contribution in [0.1, 0.15) is 19.3 Å². The first-order valence-corrected chi connectivity index (χ1v) is 5.40. The third kappa shape index (κ3) is 1.33. The molecule has 0 bridgehead atoms. The number of anilines is 2. The lowest BCUT2D eigenvalue weighted by molar-refractivity contribution is 0.760. The SMILES string of the molecule is c1cc2c(cn1)NCCCN2C1CC1. The molecule has 3 nitrogen and oxygen atoms in total. The number of nitrogens with one attached hydrogen (secondary N) is 1. The van der Waals surface area contributed by atoms with Gasteiger partial charge in [0.25, 0.3) is 0 Å². The van der Waals surface area contributed by atoms with Crippen LogP contribution in [-0.4, -0.2) is 24.1 Å². The van der Waals surface area contributed by atoms with E-state index in [2.05, 4.69) is 21.3 Å². The Morgan fingerprint density at radius 1 is 1.43 bits per heavy atom. The van der Waals surface area contributed by atoms with E-state index in [-0.39, 0.29) is 0 Å². The Morgan fingerprint density at radius 2 is 2.36 bits per heavy atom. The molecule has 0 radical (unpaired) electrons. The Morgan fingerprint density at radius 3 is 3.21 bits per heavy atom. The average Bonchev–Trinajstić information content (AvgIpc) is 3.03. The zero-order valence-electron chi connectivity index (χ0n) is 8.24. The monoisotopic (exact) mass is 189 g/mol. The summed E-state index contributed by atoms with van der Waals surface area (Å²) in [5.41, 5.74) is 2.55. The molecule has 1 aromatic rings. The van der Waals surface area contributed by atoms with E-state index in [4.69, 9.17) is 0 Å². The maximum atomic E-state index is 4.16. The number of hydrogen-bond donors (Lipinski definition) is 1. The van der Waals surface area contributed by atoms with Crippen LogP contribution in [0.3, 0.4) is 0 Å². The summed E-state index contributed by atoms with van der Waals surface area (Å²) in [6, 6.07) is 2.93. The van der Waals surface area contributed by atoms with Gasteiger partial charge in [0.15, 0.2) is 0 Å². The molecule has 3 rings (SSSR count). The van der Waals surface area contributed by atoms with Crippen molar-refractivity contribution in [1.29, 1.82) is 0 Å². The van der Waals surface area contributed by atoms with Gasteiger partial charge < -0.3 is 10.2 Å². The summed E-state index contributed by atoms with van der Waals surface area (Å²) in [6.07, 6.45) is 7.78. The summed E-state index contributed by atoms with van der Waals surface area (Å²) >= 11 is 0. The van der Waals surface area contributed by atoms with Crippen molar-refractivity contribution in [3.05, 3.63) is 18.5 Å². The molecule has 0 aromatic carbocycles. The number of rotatable bonds is 1. The molecule has 0 amide bonds. The summed E-state index contributed by atoms with van der Waals surface area (Å²) in [5, 5.41) is 3.43. The second-order valence-corrected chi connectivity index (χ2v) is 4.10. The summed E-state index contributed by atoms with van der Waals surface area (Å²) in [5.74, 6) is 0. The standard InChI is InChI=1S/C11H15N3/c1-5-13-10-8-12-6-4-11(10)14(7-1)9-2-3-9/h4,6,8-9,13H,1-3,5,7H2. The summed E-state index contributed by atoms with van der Waals surface area (Å²) < 4.78 is 0. The molecule has 1 saturated carbocycles. The van der Waals surface area contributed by atoms with Crippen molar-refractivity contribution in [2.75, 3.05) is 23.3 Å². The highest BCUT2D eigenvalue weighted by Gasteiger charge is 2.30. The first kappa shape index (κ1) is 8.09. The largest absolute Gasteiger partial charge is 0.382 e. The van der Waals surface area contributed by atoms with Crippen LogP contribution in [-0.2, 0) is 0 Å². The van der Waals surface area contributed by atoms with Crippen molar-refractivity contribution in [3.63, 3.8) is 0 Å². The predicted molar refractivity (Wildman–Crippen MR) is 57.7 cm³/mol. The minimum Gasteiger partial charge on any atom is -0.382 e. The molecule has 0 saturated heterocycles. The lowest BCUT2D eigenvalue weighted by Crippen LogP contribution is -2.26. The van der Waals surface area contributed by atoms with Crippen molar-refractivity contribution in [2.24, 2.45) is 0 Å². The van der Waals surface area contributed by atoms with E-state index in [1.807, 2.05) is 12.4 Å². The molecule has 1 fully saturated rings. The number of hydrogen-bond acceptors (Lipinski definition) is 3. The van der Waals surface area contributed by atoms with Crippen LogP contribution in [0.15, 0.2) is 18.5 Å². The topological polar surface area (TPSA) is 28.2 Å². The van der Waals surface area contributed by atoms with Crippen LogP contribution >= 0.6 is 0 Å². The lowest BCUT2D eigenvalue weighted by atomic mass is 10.3. The van der Waals surface area contributed by atoms with E-state index in [1.54, 1.807) is 0 Å². The average molecular weight is 189 g/mol. The van der Waals surface area contributed by atoms with E-state index in [0.29, 0.717) is 0 Å². The second-order valence-electron chi connectivity index (χ2n) is 4.10. The molecular formula is C11H15N3. The van der Waals surface area contributed by atoms with Gasteiger partial charge in [0.1, 0.15) is 0 Å². The van der Waals surface area contributed by atoms with E-state index in [1.165, 1.54) is 37.2 Å². The highest BCUT2D eigenvalue weighted by atomic mass is 15.2. The Labute approximate surface area is 84.1 Å². The molecule has 74 valence electrons. The van der Waals surface area contributed by atoms with Gasteiger partial charge in [-0.3, -0.25) is 4.98 Å². The van der Waals surface area contributed by atoms with Crippen LogP contribution in [0, 0.1) is 0 Å². The fourth-order valence-electron chi connectivity index (χ4n) is 2.13. The predicted octanol–water partition coefficient (Wildman–Crippen LogP) is 1.87. The maximum absolute atomic E-state index is 4.16. The Kier molecular flexibility index (Phi) is 1.82. The van der Waals surface area contributed by atoms with Crippen LogP contribution in [0.4, 0.5) is 11.4 Å². The Balaban J connectivity index is 1.99. The highest BCUT2D eigenvalue weighted by molar-refractivity contribution is 5.70. The van der Waals surface area contributed by atoms with Crippen LogP contribution in [0.5, 0.6) is 0 Å². The van der Waals surface area contributed by atoms with Gasteiger partial charge in [-0.2, -0.15) is 0 Å². The minimum atomic E-state index is 0.802. The third-order valence-corrected chi connectivity index (χ3v) is 2.99. The molecule has 1 aliphatic heterocycles. The number of fused-ring (bicyclic) bond motifs is 1. The first-order valence-electron chi connectivity index (χ1n) is 5.40. The molecule has 0 spiro atoms. The Hall–Kier alpha value is -1.25. The minimum absolute atomic E-state index is 0.802. The zero-order chi connectivity index (χ0) is 9.38. The van der Waals surface area contributed by atoms with E-state index >= 15 is 0 Å². The molecule has 1 N–H and O–H groups in total. The first-order chi connectivity index (χ1) is 6.95. The normalized spacial score (nSPS) is 21.0. The van der Waals surface area contributed by atoms with E-state index in [9.17, 15) is 0 Å². The van der Waals surface area contributed by atoms with Gasteiger partial charge in [-0.05, 0) is 25.3 Å². The quantitative estimate of drug-likeness (QED) is 0.731. The Bertz CT molecular complexity index is 333. The van der Waals surface area contributed by atoms with Gasteiger partial charge in [0, 0.05) is 25.3 Å². The fraction of sp³-hybridized carbons (Fsp3) is 0.545. The van der Waals surface area contributed by atoms with Gasteiger partial charge >= 0.3 is 0 Å². The molecule has 14 heavy (non-hydrogen) atoms. The van der Waals surface area contributed by atoms with Gasteiger partial charge in [0.05, 0.1) is 17.6 Å². The summed E-state index contributed by atoms with van der Waals surface area (Å²) in [6.45, 7) is 2.26. The van der Waals surface area contributed by atoms with Crippen LogP contribution in [0.25, 0.3) is 0 Å². The fourth-order valence-corrected chi connectivity index (χ4v) is 2.13. The maximum Gasteiger partial charge on any atom is 0.0764 e. The number of aromatic nitrogens is 1. The van der Waals surface area contributed by atoms with Gasteiger partial charge in [-0.1, -0.05) is 0 Å². The molecule has 0 atom stereocenters. The number of pyridine rings is 1. The number of nitrogens with zero attached hydrogens (tertiary/aromatic N) is 2. The van der Waals surface area contributed by atoms with Crippen molar-refractivity contribution in [2.45, 2.75) is 25.3 Å². The van der Waals surface area contributed by atoms with Gasteiger partial charge in [0.2, 0.25) is 0 Å². The zero-order valence-corrected chi connectivity index (χ0v) is 8.24. The lowest BCUT2D eigenvalue weighted by Gasteiger charge is -2.23. The molecule has 2 aliphatic rings. The van der Waals surface area contributed by atoms with Crippen molar-refractivity contribution < 1.29 is 0 Å². The molecule has 3 heteroatoms. The molecule has 1 aliphatic carbocycles. The molecule has 0 unspecified atom stereocenters. The second kappa shape index (κ2) is 3.15. The van der Waals surface area contributed by atoms with Gasteiger partial charge in [-0.25, -0.2) is 0 Å². The highest BCUT2D eigenvalue weighted by Crippen LogP contribution is 2.36. The summed E-state index contributed by atoms with van der Waals surface area (Å²) in [7, 11) is 0. The van der Waals surface area contributed by atoms with Crippen LogP contribution in [0.2, 0.25) is 0 Å². The molecule has 2 heterocycles. The smallest absolute Gasteiger partial charge is 0.0764 e.